The third kappa shape index (κ3) is 4.00. The lowest BCUT2D eigenvalue weighted by molar-refractivity contribution is -0.140. The molecule has 1 fully saturated rings. The zero-order chi connectivity index (χ0) is 21.3. The number of amides is 2. The summed E-state index contributed by atoms with van der Waals surface area (Å²) in [6.45, 7) is 4.54. The van der Waals surface area contributed by atoms with E-state index >= 15 is 0 Å². The van der Waals surface area contributed by atoms with Crippen molar-refractivity contribution in [1.82, 2.24) is 19.7 Å². The summed E-state index contributed by atoms with van der Waals surface area (Å²) in [6, 6.07) is 13.6. The van der Waals surface area contributed by atoms with E-state index in [4.69, 9.17) is 11.6 Å². The zero-order valence-electron chi connectivity index (χ0n) is 16.8. The summed E-state index contributed by atoms with van der Waals surface area (Å²) in [4.78, 5) is 25.7. The normalized spacial score (nSPS) is 13.8. The van der Waals surface area contributed by atoms with E-state index in [0.29, 0.717) is 29.0 Å². The van der Waals surface area contributed by atoms with Gasteiger partial charge in [0.2, 0.25) is 11.8 Å². The van der Waals surface area contributed by atoms with Crippen LogP contribution in [-0.4, -0.2) is 43.8 Å². The number of nitrogens with zero attached hydrogens (tertiary/aromatic N) is 4. The van der Waals surface area contributed by atoms with Gasteiger partial charge in [0.15, 0.2) is 11.0 Å². The largest absolute Gasteiger partial charge is 0.282 e. The summed E-state index contributed by atoms with van der Waals surface area (Å²) in [5.74, 6) is 0.434. The van der Waals surface area contributed by atoms with Crippen LogP contribution in [0.4, 0.5) is 0 Å². The molecule has 0 N–H and O–H groups in total. The van der Waals surface area contributed by atoms with Gasteiger partial charge in [0.05, 0.1) is 16.5 Å². The van der Waals surface area contributed by atoms with Gasteiger partial charge >= 0.3 is 0 Å². The predicted molar refractivity (Wildman–Crippen MR) is 118 cm³/mol. The van der Waals surface area contributed by atoms with Crippen molar-refractivity contribution in [2.75, 3.05) is 12.3 Å². The Bertz CT molecular complexity index is 1130. The third-order valence-electron chi connectivity index (χ3n) is 5.05. The molecule has 0 saturated carbocycles. The average molecular weight is 441 g/mol. The number of carbonyl (C=O) groups is 2. The number of thioether (sulfide) groups is 1. The van der Waals surface area contributed by atoms with Crippen molar-refractivity contribution < 1.29 is 9.59 Å². The maximum atomic E-state index is 12.5. The molecule has 2 aromatic carbocycles. The molecule has 0 bridgehead atoms. The summed E-state index contributed by atoms with van der Waals surface area (Å²) in [6.07, 6.45) is 1.16. The van der Waals surface area contributed by atoms with E-state index in [0.717, 1.165) is 28.8 Å². The molecule has 0 radical (unpaired) electrons. The van der Waals surface area contributed by atoms with Crippen molar-refractivity contribution in [2.45, 2.75) is 31.8 Å². The molecule has 4 rings (SSSR count). The third-order valence-corrected chi connectivity index (χ3v) is 6.30. The highest BCUT2D eigenvalue weighted by atomic mass is 35.5. The van der Waals surface area contributed by atoms with Gasteiger partial charge < -0.3 is 0 Å². The molecule has 2 amide bonds. The van der Waals surface area contributed by atoms with Crippen LogP contribution in [0.15, 0.2) is 47.6 Å². The molecule has 1 saturated heterocycles. The van der Waals surface area contributed by atoms with E-state index in [1.165, 1.54) is 16.7 Å². The zero-order valence-corrected chi connectivity index (χ0v) is 18.3. The van der Waals surface area contributed by atoms with E-state index < -0.39 is 0 Å². The van der Waals surface area contributed by atoms with Gasteiger partial charge in [-0.15, -0.1) is 10.2 Å². The van der Waals surface area contributed by atoms with Crippen molar-refractivity contribution >= 4 is 35.2 Å². The molecule has 0 spiro atoms. The molecule has 6 nitrogen and oxygen atoms in total. The van der Waals surface area contributed by atoms with Gasteiger partial charge in [0.25, 0.3) is 0 Å². The molecule has 154 valence electrons. The quantitative estimate of drug-likeness (QED) is 0.548. The van der Waals surface area contributed by atoms with Crippen molar-refractivity contribution in [1.29, 1.82) is 0 Å². The minimum Gasteiger partial charge on any atom is -0.282 e. The van der Waals surface area contributed by atoms with Gasteiger partial charge in [-0.3, -0.25) is 19.1 Å². The van der Waals surface area contributed by atoms with Crippen LogP contribution in [0, 0.1) is 13.8 Å². The highest BCUT2D eigenvalue weighted by Crippen LogP contribution is 2.33. The molecule has 30 heavy (non-hydrogen) atoms. The van der Waals surface area contributed by atoms with Crippen LogP contribution in [0.1, 0.15) is 24.0 Å². The number of aryl methyl sites for hydroxylation is 2. The van der Waals surface area contributed by atoms with Crippen LogP contribution < -0.4 is 0 Å². The highest BCUT2D eigenvalue weighted by Gasteiger charge is 2.27. The number of benzene rings is 2. The van der Waals surface area contributed by atoms with Crippen LogP contribution in [0.3, 0.4) is 0 Å². The first-order chi connectivity index (χ1) is 14.5. The Morgan fingerprint density at radius 1 is 1.17 bits per heavy atom. The Balaban J connectivity index is 1.74. The van der Waals surface area contributed by atoms with Crippen LogP contribution in [-0.2, 0) is 9.59 Å². The van der Waals surface area contributed by atoms with Gasteiger partial charge in [-0.1, -0.05) is 47.6 Å². The smallest absolute Gasteiger partial charge is 0.239 e. The minimum atomic E-state index is -0.197. The number of halogens is 1. The number of rotatable bonds is 5. The second-order valence-corrected chi connectivity index (χ2v) is 8.59. The summed E-state index contributed by atoms with van der Waals surface area (Å²) in [7, 11) is 0. The molecule has 8 heteroatoms. The summed E-state index contributed by atoms with van der Waals surface area (Å²) < 4.78 is 1.94. The molecular weight excluding hydrogens is 420 g/mol. The molecule has 0 atom stereocenters. The summed E-state index contributed by atoms with van der Waals surface area (Å²) in [5.41, 5.74) is 3.85. The van der Waals surface area contributed by atoms with Gasteiger partial charge in [0.1, 0.15) is 0 Å². The Morgan fingerprint density at radius 2 is 1.97 bits per heavy atom. The lowest BCUT2D eigenvalue weighted by atomic mass is 10.1. The SMILES string of the molecule is Cc1ccc(C)c(-n2c(SCC(=O)N3CCCC3=O)nnc2-c2ccccc2Cl)c1. The number of hydrogen-bond donors (Lipinski definition) is 0. The van der Waals surface area contributed by atoms with Gasteiger partial charge in [0, 0.05) is 18.5 Å². The Labute approximate surface area is 184 Å². The number of imide groups is 1. The molecule has 1 aliphatic rings. The Hall–Kier alpha value is -2.64. The number of likely N-dealkylation sites (tertiary alicyclic amines) is 1. The first-order valence-corrected chi connectivity index (χ1v) is 11.1. The van der Waals surface area contributed by atoms with Crippen molar-refractivity contribution in [3.63, 3.8) is 0 Å². The Morgan fingerprint density at radius 3 is 2.70 bits per heavy atom. The fraction of sp³-hybridized carbons (Fsp3) is 0.273. The van der Waals surface area contributed by atoms with Crippen molar-refractivity contribution in [3.05, 3.63) is 58.6 Å². The monoisotopic (exact) mass is 440 g/mol. The fourth-order valence-corrected chi connectivity index (χ4v) is 4.52. The van der Waals surface area contributed by atoms with E-state index in [2.05, 4.69) is 16.3 Å². The van der Waals surface area contributed by atoms with E-state index in [-0.39, 0.29) is 17.6 Å². The molecule has 2 heterocycles. The second-order valence-electron chi connectivity index (χ2n) is 7.24. The Kier molecular flexibility index (Phi) is 5.92. The lowest BCUT2D eigenvalue weighted by Gasteiger charge is -2.15. The molecular formula is C22H21ClN4O2S. The van der Waals surface area contributed by atoms with E-state index in [1.54, 1.807) is 0 Å². The fourth-order valence-electron chi connectivity index (χ4n) is 3.47. The number of hydrogen-bond acceptors (Lipinski definition) is 5. The van der Waals surface area contributed by atoms with Crippen LogP contribution >= 0.6 is 23.4 Å². The predicted octanol–water partition coefficient (Wildman–Crippen LogP) is 4.45. The van der Waals surface area contributed by atoms with E-state index in [9.17, 15) is 9.59 Å². The van der Waals surface area contributed by atoms with Crippen LogP contribution in [0.25, 0.3) is 17.1 Å². The maximum absolute atomic E-state index is 12.5. The minimum absolute atomic E-state index is 0.103. The molecule has 1 aromatic heterocycles. The molecule has 3 aromatic rings. The highest BCUT2D eigenvalue weighted by molar-refractivity contribution is 7.99. The van der Waals surface area contributed by atoms with E-state index in [1.807, 2.05) is 54.8 Å². The number of carbonyl (C=O) groups excluding carboxylic acids is 2. The van der Waals surface area contributed by atoms with Gasteiger partial charge in [-0.2, -0.15) is 0 Å². The summed E-state index contributed by atoms with van der Waals surface area (Å²) >= 11 is 7.72. The van der Waals surface area contributed by atoms with Gasteiger partial charge in [-0.25, -0.2) is 0 Å². The van der Waals surface area contributed by atoms with Crippen LogP contribution in [0.2, 0.25) is 5.02 Å². The lowest BCUT2D eigenvalue weighted by Crippen LogP contribution is -2.33. The van der Waals surface area contributed by atoms with Crippen molar-refractivity contribution in [2.24, 2.45) is 0 Å². The van der Waals surface area contributed by atoms with Gasteiger partial charge in [-0.05, 0) is 49.6 Å². The molecule has 0 aliphatic carbocycles. The van der Waals surface area contributed by atoms with Crippen molar-refractivity contribution in [3.8, 4) is 17.1 Å². The second kappa shape index (κ2) is 8.62. The number of aromatic nitrogens is 3. The topological polar surface area (TPSA) is 68.1 Å². The van der Waals surface area contributed by atoms with Crippen LogP contribution in [0.5, 0.6) is 0 Å². The first kappa shape index (κ1) is 20.6. The molecule has 0 unspecified atom stereocenters. The standard InChI is InChI=1S/C22H21ClN4O2S/c1-14-9-10-15(2)18(12-14)27-21(16-6-3-4-7-17(16)23)24-25-22(27)30-13-20(29)26-11-5-8-19(26)28/h3-4,6-7,9-10,12H,5,8,11,13H2,1-2H3. The summed E-state index contributed by atoms with van der Waals surface area (Å²) in [5, 5.41) is 9.92. The average Bonchev–Trinajstić information content (AvgIpc) is 3.34. The molecule has 1 aliphatic heterocycles. The first-order valence-electron chi connectivity index (χ1n) is 9.69. The maximum Gasteiger partial charge on any atom is 0.239 e.